The summed E-state index contributed by atoms with van der Waals surface area (Å²) in [7, 11) is 0. The zero-order valence-corrected chi connectivity index (χ0v) is 27.8. The van der Waals surface area contributed by atoms with E-state index in [0.29, 0.717) is 53.7 Å². The standard InChI is InChI=1S/C38H33N5O5S/c1-3-48-37(47)29-22-43(20-24-10-5-4-6-11-24)23(2)33(29)27-16-17-32(40-34(27)36(45)46)42-19-18-25-12-9-13-26(28(25)21-42)35(44)41-38-39-30-14-7-8-15-31(30)49-38/h4-17,22H,3,18-21H2,1-2H3,(H,45,46)(H,39,41,44). The maximum atomic E-state index is 13.5. The molecule has 0 aliphatic carbocycles. The number of carboxylic acid groups (broad SMARTS) is 1. The van der Waals surface area contributed by atoms with Crippen LogP contribution in [0.4, 0.5) is 10.9 Å². The normalized spacial score (nSPS) is 12.5. The Morgan fingerprint density at radius 3 is 2.51 bits per heavy atom. The molecule has 49 heavy (non-hydrogen) atoms. The van der Waals surface area contributed by atoms with Gasteiger partial charge in [0, 0.05) is 48.2 Å². The van der Waals surface area contributed by atoms with Gasteiger partial charge >= 0.3 is 11.9 Å². The molecule has 0 unspecified atom stereocenters. The van der Waals surface area contributed by atoms with Gasteiger partial charge in [0.05, 0.1) is 22.4 Å². The van der Waals surface area contributed by atoms with Crippen LogP contribution < -0.4 is 10.2 Å². The lowest BCUT2D eigenvalue weighted by atomic mass is 9.94. The highest BCUT2D eigenvalue weighted by Crippen LogP contribution is 2.35. The highest BCUT2D eigenvalue weighted by molar-refractivity contribution is 7.22. The van der Waals surface area contributed by atoms with Gasteiger partial charge in [0.25, 0.3) is 5.91 Å². The maximum Gasteiger partial charge on any atom is 0.355 e. The Hall–Kier alpha value is -5.81. The Morgan fingerprint density at radius 1 is 0.939 bits per heavy atom. The molecule has 11 heteroatoms. The van der Waals surface area contributed by atoms with E-state index in [1.807, 2.05) is 83.1 Å². The lowest BCUT2D eigenvalue weighted by Gasteiger charge is -2.31. The van der Waals surface area contributed by atoms with Crippen LogP contribution in [0, 0.1) is 6.92 Å². The van der Waals surface area contributed by atoms with Crippen molar-refractivity contribution in [2.24, 2.45) is 0 Å². The summed E-state index contributed by atoms with van der Waals surface area (Å²) in [5, 5.41) is 13.9. The summed E-state index contributed by atoms with van der Waals surface area (Å²) in [6.45, 7) is 5.23. The van der Waals surface area contributed by atoms with E-state index in [2.05, 4.69) is 15.3 Å². The number of aromatic carboxylic acids is 1. The van der Waals surface area contributed by atoms with Crippen molar-refractivity contribution in [3.63, 3.8) is 0 Å². The second kappa shape index (κ2) is 13.4. The first kappa shape index (κ1) is 31.8. The molecular formula is C38H33N5O5S. The number of carbonyl (C=O) groups excluding carboxylic acids is 2. The van der Waals surface area contributed by atoms with Crippen LogP contribution in [0.15, 0.2) is 91.1 Å². The van der Waals surface area contributed by atoms with E-state index in [1.54, 1.807) is 31.3 Å². The lowest BCUT2D eigenvalue weighted by molar-refractivity contribution is 0.0526. The summed E-state index contributed by atoms with van der Waals surface area (Å²) >= 11 is 1.42. The summed E-state index contributed by atoms with van der Waals surface area (Å²) in [6.07, 6.45) is 2.37. The first-order valence-electron chi connectivity index (χ1n) is 16.0. The molecule has 0 saturated carbocycles. The Balaban J connectivity index is 1.21. The predicted octanol–water partition coefficient (Wildman–Crippen LogP) is 7.21. The van der Waals surface area contributed by atoms with Gasteiger partial charge in [-0.05, 0) is 67.3 Å². The van der Waals surface area contributed by atoms with E-state index < -0.39 is 11.9 Å². The van der Waals surface area contributed by atoms with Crippen LogP contribution in [0.5, 0.6) is 0 Å². The Bertz CT molecular complexity index is 2190. The van der Waals surface area contributed by atoms with E-state index in [0.717, 1.165) is 32.6 Å². The summed E-state index contributed by atoms with van der Waals surface area (Å²) < 4.78 is 8.30. The number of esters is 1. The average Bonchev–Trinajstić information content (AvgIpc) is 3.67. The minimum atomic E-state index is -1.21. The van der Waals surface area contributed by atoms with Crippen molar-refractivity contribution in [1.29, 1.82) is 0 Å². The highest BCUT2D eigenvalue weighted by atomic mass is 32.1. The monoisotopic (exact) mass is 671 g/mol. The predicted molar refractivity (Wildman–Crippen MR) is 190 cm³/mol. The lowest BCUT2D eigenvalue weighted by Crippen LogP contribution is -2.33. The molecule has 0 atom stereocenters. The van der Waals surface area contributed by atoms with Crippen LogP contribution in [0.1, 0.15) is 60.5 Å². The van der Waals surface area contributed by atoms with Gasteiger partial charge < -0.3 is 19.3 Å². The zero-order valence-electron chi connectivity index (χ0n) is 27.0. The van der Waals surface area contributed by atoms with Crippen molar-refractivity contribution in [3.05, 3.63) is 130 Å². The first-order valence-corrected chi connectivity index (χ1v) is 16.8. The number of nitrogens with one attached hydrogen (secondary N) is 1. The van der Waals surface area contributed by atoms with E-state index in [9.17, 15) is 19.5 Å². The van der Waals surface area contributed by atoms with Crippen molar-refractivity contribution in [2.75, 3.05) is 23.4 Å². The number of rotatable bonds is 9. The van der Waals surface area contributed by atoms with Gasteiger partial charge in [0.1, 0.15) is 5.82 Å². The summed E-state index contributed by atoms with van der Waals surface area (Å²) in [4.78, 5) is 50.6. The number of fused-ring (bicyclic) bond motifs is 2. The fourth-order valence-electron chi connectivity index (χ4n) is 6.37. The van der Waals surface area contributed by atoms with Gasteiger partial charge in [-0.3, -0.25) is 10.1 Å². The van der Waals surface area contributed by atoms with Crippen molar-refractivity contribution in [1.82, 2.24) is 14.5 Å². The number of hydrogen-bond donors (Lipinski definition) is 2. The third-order valence-electron chi connectivity index (χ3n) is 8.75. The number of amides is 1. The second-order valence-corrected chi connectivity index (χ2v) is 12.8. The van der Waals surface area contributed by atoms with Crippen LogP contribution in [-0.4, -0.2) is 50.6 Å². The van der Waals surface area contributed by atoms with Gasteiger partial charge in [-0.25, -0.2) is 19.6 Å². The fraction of sp³-hybridized carbons (Fsp3) is 0.184. The van der Waals surface area contributed by atoms with Crippen LogP contribution in [0.2, 0.25) is 0 Å². The van der Waals surface area contributed by atoms with Crippen LogP contribution in [-0.2, 0) is 24.2 Å². The Labute approximate surface area is 286 Å². The molecule has 3 aromatic carbocycles. The van der Waals surface area contributed by atoms with Gasteiger partial charge in [0.2, 0.25) is 0 Å². The van der Waals surface area contributed by atoms with E-state index in [4.69, 9.17) is 4.74 Å². The number of nitrogens with zero attached hydrogens (tertiary/aromatic N) is 4. The molecule has 0 fully saturated rings. The SMILES string of the molecule is CCOC(=O)c1cn(Cc2ccccc2)c(C)c1-c1ccc(N2CCc3cccc(C(=O)Nc4nc5ccccc5s4)c3C2)nc1C(=O)O. The molecule has 6 aromatic rings. The van der Waals surface area contributed by atoms with Crippen LogP contribution in [0.3, 0.4) is 0 Å². The summed E-state index contributed by atoms with van der Waals surface area (Å²) in [6, 6.07) is 26.7. The molecule has 7 rings (SSSR count). The summed E-state index contributed by atoms with van der Waals surface area (Å²) in [5.41, 5.74) is 5.94. The number of aromatic nitrogens is 3. The second-order valence-electron chi connectivity index (χ2n) is 11.8. The van der Waals surface area contributed by atoms with Crippen molar-refractivity contribution in [2.45, 2.75) is 33.4 Å². The summed E-state index contributed by atoms with van der Waals surface area (Å²) in [5.74, 6) is -1.53. The minimum absolute atomic E-state index is 0.170. The smallest absolute Gasteiger partial charge is 0.355 e. The molecule has 3 aromatic heterocycles. The number of para-hydroxylation sites is 1. The molecular weight excluding hydrogens is 639 g/mol. The Morgan fingerprint density at radius 2 is 1.73 bits per heavy atom. The number of ether oxygens (including phenoxy) is 1. The average molecular weight is 672 g/mol. The van der Waals surface area contributed by atoms with Gasteiger partial charge in [-0.2, -0.15) is 0 Å². The van der Waals surface area contributed by atoms with E-state index in [-0.39, 0.29) is 23.8 Å². The molecule has 0 bridgehead atoms. The quantitative estimate of drug-likeness (QED) is 0.155. The molecule has 4 heterocycles. The largest absolute Gasteiger partial charge is 0.476 e. The van der Waals surface area contributed by atoms with Crippen molar-refractivity contribution in [3.8, 4) is 11.1 Å². The topological polar surface area (TPSA) is 127 Å². The molecule has 246 valence electrons. The zero-order chi connectivity index (χ0) is 34.1. The third-order valence-corrected chi connectivity index (χ3v) is 9.70. The minimum Gasteiger partial charge on any atom is -0.476 e. The number of benzene rings is 3. The molecule has 0 saturated heterocycles. The number of carboxylic acids is 1. The molecule has 1 aliphatic heterocycles. The Kier molecular flexibility index (Phi) is 8.66. The van der Waals surface area contributed by atoms with Gasteiger partial charge in [-0.15, -0.1) is 0 Å². The molecule has 2 N–H and O–H groups in total. The third kappa shape index (κ3) is 6.28. The van der Waals surface area contributed by atoms with Gasteiger partial charge in [-0.1, -0.05) is 65.9 Å². The molecule has 0 spiro atoms. The number of carbonyl (C=O) groups is 3. The van der Waals surface area contributed by atoms with Crippen molar-refractivity contribution >= 4 is 50.3 Å². The molecule has 1 amide bonds. The molecule has 10 nitrogen and oxygen atoms in total. The van der Waals surface area contributed by atoms with E-state index >= 15 is 0 Å². The van der Waals surface area contributed by atoms with Crippen LogP contribution in [0.25, 0.3) is 21.3 Å². The maximum absolute atomic E-state index is 13.5. The van der Waals surface area contributed by atoms with Gasteiger partial charge in [0.15, 0.2) is 10.8 Å². The molecule has 1 aliphatic rings. The fourth-order valence-corrected chi connectivity index (χ4v) is 7.23. The molecule has 0 radical (unpaired) electrons. The van der Waals surface area contributed by atoms with Crippen molar-refractivity contribution < 1.29 is 24.2 Å². The number of thiazole rings is 1. The number of anilines is 2. The first-order chi connectivity index (χ1) is 23.8. The number of pyridine rings is 1. The van der Waals surface area contributed by atoms with E-state index in [1.165, 1.54) is 11.3 Å². The number of hydrogen-bond acceptors (Lipinski definition) is 8. The highest BCUT2D eigenvalue weighted by Gasteiger charge is 2.28. The van der Waals surface area contributed by atoms with Crippen LogP contribution >= 0.6 is 11.3 Å².